The SMILES string of the molecule is Cl[Si]1C[Si](Br)C1. The number of halogens is 2. The molecule has 0 aliphatic carbocycles. The lowest BCUT2D eigenvalue weighted by atomic mass is 11.8. The Morgan fingerprint density at radius 3 is 2.00 bits per heavy atom. The summed E-state index contributed by atoms with van der Waals surface area (Å²) in [5.41, 5.74) is 2.72. The van der Waals surface area contributed by atoms with Gasteiger partial charge in [-0.25, -0.2) is 0 Å². The van der Waals surface area contributed by atoms with E-state index < -0.39 is 0 Å². The van der Waals surface area contributed by atoms with Crippen molar-refractivity contribution in [3.63, 3.8) is 0 Å². The van der Waals surface area contributed by atoms with E-state index in [-0.39, 0.29) is 15.5 Å². The minimum absolute atomic E-state index is 0.0162. The molecule has 0 saturated carbocycles. The first-order valence-electron chi connectivity index (χ1n) is 1.79. The van der Waals surface area contributed by atoms with Crippen LogP contribution in [0.25, 0.3) is 0 Å². The Morgan fingerprint density at radius 2 is 2.00 bits per heavy atom. The van der Waals surface area contributed by atoms with Crippen LogP contribution < -0.4 is 0 Å². The summed E-state index contributed by atoms with van der Waals surface area (Å²) in [4.78, 5) is 0. The fraction of sp³-hybridized carbons (Fsp3) is 1.00. The fourth-order valence-electron chi connectivity index (χ4n) is 0.364. The zero-order chi connectivity index (χ0) is 4.57. The molecule has 2 radical (unpaired) electrons. The Kier molecular flexibility index (Phi) is 1.77. The van der Waals surface area contributed by atoms with Crippen LogP contribution in [0.2, 0.25) is 11.3 Å². The van der Waals surface area contributed by atoms with Crippen molar-refractivity contribution in [3.8, 4) is 0 Å². The van der Waals surface area contributed by atoms with E-state index in [1.54, 1.807) is 0 Å². The lowest BCUT2D eigenvalue weighted by molar-refractivity contribution is 1.67. The average Bonchev–Trinajstić information content (AvgIpc) is 1.33. The van der Waals surface area contributed by atoms with Gasteiger partial charge in [-0.15, -0.1) is 15.3 Å². The maximum atomic E-state index is 5.74. The molecule has 1 aliphatic rings. The van der Waals surface area contributed by atoms with E-state index in [0.717, 1.165) is 0 Å². The zero-order valence-corrected chi connectivity index (χ0v) is 7.51. The summed E-state index contributed by atoms with van der Waals surface area (Å²) in [7, 11) is -0.288. The Morgan fingerprint density at radius 1 is 1.50 bits per heavy atom. The number of hydrogen-bond donors (Lipinski definition) is 0. The molecular weight excluding hydrogens is 196 g/mol. The van der Waals surface area contributed by atoms with Crippen LogP contribution in [0.1, 0.15) is 0 Å². The molecule has 0 aromatic carbocycles. The van der Waals surface area contributed by atoms with Crippen molar-refractivity contribution < 1.29 is 0 Å². The van der Waals surface area contributed by atoms with Crippen molar-refractivity contribution in [2.75, 3.05) is 0 Å². The Bertz CT molecular complexity index is 47.5. The standard InChI is InChI=1S/C2H4BrClSi2/c3-5-1-6(4)2-5/h1-2H2. The third-order valence-corrected chi connectivity index (χ3v) is 14.4. The van der Waals surface area contributed by atoms with Gasteiger partial charge < -0.3 is 0 Å². The molecule has 6 heavy (non-hydrogen) atoms. The van der Waals surface area contributed by atoms with Gasteiger partial charge in [0.15, 0.2) is 8.11 Å². The highest BCUT2D eigenvalue weighted by Gasteiger charge is 2.28. The van der Waals surface area contributed by atoms with Crippen LogP contribution >= 0.6 is 26.4 Å². The number of hydrogen-bond acceptors (Lipinski definition) is 0. The molecule has 0 aromatic heterocycles. The van der Waals surface area contributed by atoms with Crippen LogP contribution in [-0.2, 0) is 0 Å². The molecule has 1 fully saturated rings. The first-order chi connectivity index (χ1) is 2.79. The van der Waals surface area contributed by atoms with Crippen molar-refractivity contribution in [3.05, 3.63) is 0 Å². The van der Waals surface area contributed by atoms with Crippen LogP contribution in [0.5, 0.6) is 0 Å². The Labute approximate surface area is 53.4 Å². The molecule has 4 heteroatoms. The van der Waals surface area contributed by atoms with Gasteiger partial charge in [0, 0.05) is 0 Å². The fourth-order valence-corrected chi connectivity index (χ4v) is 15.2. The molecule has 0 N–H and O–H groups in total. The van der Waals surface area contributed by atoms with Crippen LogP contribution in [0.3, 0.4) is 0 Å². The quantitative estimate of drug-likeness (QED) is 0.412. The Balaban J connectivity index is 2.11. The monoisotopic (exact) mass is 198 g/mol. The molecule has 1 heterocycles. The molecule has 34 valence electrons. The lowest BCUT2D eigenvalue weighted by Crippen LogP contribution is -2.30. The van der Waals surface area contributed by atoms with E-state index in [9.17, 15) is 0 Å². The molecule has 0 bridgehead atoms. The minimum atomic E-state index is -0.271. The highest BCUT2D eigenvalue weighted by Crippen LogP contribution is 2.26. The third kappa shape index (κ3) is 1.09. The van der Waals surface area contributed by atoms with Crippen LogP contribution in [0, 0.1) is 0 Å². The van der Waals surface area contributed by atoms with Gasteiger partial charge in [0.05, 0.1) is 0 Å². The van der Waals surface area contributed by atoms with Crippen LogP contribution in [0.15, 0.2) is 0 Å². The maximum absolute atomic E-state index is 5.74. The second-order valence-electron chi connectivity index (χ2n) is 1.39. The van der Waals surface area contributed by atoms with E-state index in [2.05, 4.69) is 15.3 Å². The minimum Gasteiger partial charge on any atom is -0.170 e. The normalized spacial score (nSPS) is 27.0. The van der Waals surface area contributed by atoms with Gasteiger partial charge in [-0.05, 0) is 11.3 Å². The molecular formula is C2H4BrClSi2. The molecule has 0 nitrogen and oxygen atoms in total. The van der Waals surface area contributed by atoms with Crippen molar-refractivity contribution in [2.24, 2.45) is 0 Å². The maximum Gasteiger partial charge on any atom is 0.161 e. The molecule has 1 saturated heterocycles. The zero-order valence-electron chi connectivity index (χ0n) is 3.17. The Hall–Kier alpha value is 1.20. The van der Waals surface area contributed by atoms with E-state index in [4.69, 9.17) is 11.1 Å². The first-order valence-corrected chi connectivity index (χ1v) is 8.89. The van der Waals surface area contributed by atoms with Crippen molar-refractivity contribution >= 4 is 41.9 Å². The average molecular weight is 200 g/mol. The van der Waals surface area contributed by atoms with Crippen molar-refractivity contribution in [1.82, 2.24) is 0 Å². The molecule has 0 aromatic rings. The summed E-state index contributed by atoms with van der Waals surface area (Å²) in [6.45, 7) is 0. The predicted molar refractivity (Wildman–Crippen MR) is 35.9 cm³/mol. The van der Waals surface area contributed by atoms with Crippen LogP contribution in [-0.4, -0.2) is 15.5 Å². The van der Waals surface area contributed by atoms with Gasteiger partial charge in [0.25, 0.3) is 0 Å². The molecule has 0 unspecified atom stereocenters. The summed E-state index contributed by atoms with van der Waals surface area (Å²) in [6, 6.07) is 0. The van der Waals surface area contributed by atoms with Gasteiger partial charge >= 0.3 is 0 Å². The van der Waals surface area contributed by atoms with Crippen molar-refractivity contribution in [2.45, 2.75) is 11.3 Å². The van der Waals surface area contributed by atoms with E-state index in [0.29, 0.717) is 0 Å². The van der Waals surface area contributed by atoms with E-state index >= 15 is 0 Å². The predicted octanol–water partition coefficient (Wildman–Crippen LogP) is 1.70. The molecule has 0 atom stereocenters. The first kappa shape index (κ1) is 5.34. The van der Waals surface area contributed by atoms with Crippen LogP contribution in [0.4, 0.5) is 0 Å². The topological polar surface area (TPSA) is 0 Å². The van der Waals surface area contributed by atoms with Gasteiger partial charge in [-0.3, -0.25) is 0 Å². The van der Waals surface area contributed by atoms with Gasteiger partial charge in [-0.1, -0.05) is 0 Å². The van der Waals surface area contributed by atoms with E-state index in [1.807, 2.05) is 0 Å². The van der Waals surface area contributed by atoms with Crippen molar-refractivity contribution in [1.29, 1.82) is 0 Å². The van der Waals surface area contributed by atoms with Gasteiger partial charge in [-0.2, -0.15) is 11.1 Å². The molecule has 0 spiro atoms. The summed E-state index contributed by atoms with van der Waals surface area (Å²) < 4.78 is 0. The second-order valence-corrected chi connectivity index (χ2v) is 11.3. The number of rotatable bonds is 0. The molecule has 1 rings (SSSR count). The third-order valence-electron chi connectivity index (χ3n) is 0.767. The molecule has 1 aliphatic heterocycles. The summed E-state index contributed by atoms with van der Waals surface area (Å²) in [5, 5.41) is 0. The van der Waals surface area contributed by atoms with Gasteiger partial charge in [0.1, 0.15) is 7.42 Å². The smallest absolute Gasteiger partial charge is 0.161 e. The molecule has 0 amide bonds. The van der Waals surface area contributed by atoms with Gasteiger partial charge in [0.2, 0.25) is 0 Å². The highest BCUT2D eigenvalue weighted by atomic mass is 79.9. The summed E-state index contributed by atoms with van der Waals surface area (Å²) in [5.74, 6) is 0. The van der Waals surface area contributed by atoms with E-state index in [1.165, 1.54) is 11.3 Å². The largest absolute Gasteiger partial charge is 0.170 e. The second kappa shape index (κ2) is 1.98. The lowest BCUT2D eigenvalue weighted by Gasteiger charge is -2.20. The summed E-state index contributed by atoms with van der Waals surface area (Å²) >= 11 is 9.28. The summed E-state index contributed by atoms with van der Waals surface area (Å²) in [6.07, 6.45) is 0. The highest BCUT2D eigenvalue weighted by molar-refractivity contribution is 9.24.